The number of carbonyl (C=O) groups is 2. The van der Waals surface area contributed by atoms with Gasteiger partial charge in [0, 0.05) is 35.2 Å². The Balaban J connectivity index is 2.29. The molecule has 1 amide bonds. The van der Waals surface area contributed by atoms with E-state index in [1.807, 2.05) is 32.9 Å². The van der Waals surface area contributed by atoms with Gasteiger partial charge < -0.3 is 28.9 Å². The molecular formula is C21H32INO8P-. The number of halogens is 1. The molecule has 0 fully saturated rings. The van der Waals surface area contributed by atoms with E-state index in [9.17, 15) is 19.0 Å². The molecule has 0 saturated heterocycles. The van der Waals surface area contributed by atoms with Gasteiger partial charge in [0.05, 0.1) is 6.61 Å². The molecule has 32 heavy (non-hydrogen) atoms. The number of rotatable bonds is 15. The second-order valence-corrected chi connectivity index (χ2v) is 11.9. The number of alkyl carbamates (subject to hydrolysis) is 1. The van der Waals surface area contributed by atoms with E-state index in [0.29, 0.717) is 25.3 Å². The molecule has 1 unspecified atom stereocenters. The van der Waals surface area contributed by atoms with Crippen molar-refractivity contribution in [1.29, 1.82) is 0 Å². The summed E-state index contributed by atoms with van der Waals surface area (Å²) < 4.78 is 31.4. The highest BCUT2D eigenvalue weighted by atomic mass is 127. The smallest absolute Gasteiger partial charge is 0.407 e. The lowest BCUT2D eigenvalue weighted by Crippen LogP contribution is -2.25. The van der Waals surface area contributed by atoms with Gasteiger partial charge in [-0.1, -0.05) is 19.8 Å². The Morgan fingerprint density at radius 1 is 1.09 bits per heavy atom. The molecule has 1 atom stereocenters. The third-order valence-corrected chi connectivity index (χ3v) is 5.59. The molecule has 1 N–H and O–H groups in total. The van der Waals surface area contributed by atoms with Crippen molar-refractivity contribution in [3.05, 3.63) is 28.8 Å². The van der Waals surface area contributed by atoms with Crippen LogP contribution in [0.1, 0.15) is 55.7 Å². The van der Waals surface area contributed by atoms with E-state index in [0.717, 1.165) is 42.4 Å². The summed E-state index contributed by atoms with van der Waals surface area (Å²) in [7, 11) is 0. The molecule has 182 valence electrons. The van der Waals surface area contributed by atoms with E-state index >= 15 is 0 Å². The van der Waals surface area contributed by atoms with Crippen LogP contribution in [-0.4, -0.2) is 38.4 Å². The molecule has 0 aromatic heterocycles. The lowest BCUT2D eigenvalue weighted by molar-refractivity contribution is -0.187. The Kier molecular flexibility index (Phi) is 14.1. The van der Waals surface area contributed by atoms with Crippen LogP contribution in [0.15, 0.2) is 12.1 Å². The first-order chi connectivity index (χ1) is 15.1. The quantitative estimate of drug-likeness (QED) is 0.106. The molecule has 0 radical (unpaired) electrons. The highest BCUT2D eigenvalue weighted by Crippen LogP contribution is 2.46. The molecule has 1 rings (SSSR count). The maximum atomic E-state index is 11.9. The van der Waals surface area contributed by atoms with Gasteiger partial charge in [0.15, 0.2) is 5.24 Å². The summed E-state index contributed by atoms with van der Waals surface area (Å²) >= 11 is 1.28. The first-order valence-corrected chi connectivity index (χ1v) is 14.9. The van der Waals surface area contributed by atoms with E-state index < -0.39 is 17.3 Å². The highest BCUT2D eigenvalue weighted by molar-refractivity contribution is 14.2. The fraction of sp³-hybridized carbons (Fsp3) is 0.619. The van der Waals surface area contributed by atoms with Gasteiger partial charge in [0.25, 0.3) is 0 Å². The van der Waals surface area contributed by atoms with Crippen LogP contribution in [0, 0.1) is 13.8 Å². The van der Waals surface area contributed by atoms with Crippen LogP contribution in [0.25, 0.3) is 0 Å². The Morgan fingerprint density at radius 2 is 1.75 bits per heavy atom. The Bertz CT molecular complexity index is 760. The van der Waals surface area contributed by atoms with Gasteiger partial charge in [-0.15, -0.1) is 0 Å². The Hall–Kier alpha value is -1.20. The zero-order valence-corrected chi connectivity index (χ0v) is 21.9. The monoisotopic (exact) mass is 584 g/mol. The van der Waals surface area contributed by atoms with Crippen molar-refractivity contribution in [2.75, 3.05) is 26.4 Å². The fourth-order valence-corrected chi connectivity index (χ4v) is 3.81. The number of ether oxygens (including phenoxy) is 3. The lowest BCUT2D eigenvalue weighted by atomic mass is 10.1. The van der Waals surface area contributed by atoms with E-state index in [1.54, 1.807) is 0 Å². The minimum absolute atomic E-state index is 0.0911. The Labute approximate surface area is 202 Å². The van der Waals surface area contributed by atoms with Crippen LogP contribution in [0.2, 0.25) is 0 Å². The molecule has 0 bridgehead atoms. The van der Waals surface area contributed by atoms with Crippen LogP contribution in [0.5, 0.6) is 5.75 Å². The molecule has 9 nitrogen and oxygen atoms in total. The second-order valence-electron chi connectivity index (χ2n) is 7.27. The second kappa shape index (κ2) is 15.6. The van der Waals surface area contributed by atoms with Crippen LogP contribution < -0.4 is 14.9 Å². The van der Waals surface area contributed by atoms with E-state index in [-0.39, 0.29) is 19.8 Å². The van der Waals surface area contributed by atoms with Gasteiger partial charge in [-0.3, -0.25) is 4.57 Å². The normalized spacial score (nSPS) is 12.8. The maximum Gasteiger partial charge on any atom is 0.407 e. The Morgan fingerprint density at radius 3 is 2.38 bits per heavy atom. The number of nitrogens with one attached hydrogen (secondary N) is 1. The molecular weight excluding hydrogens is 552 g/mol. The first-order valence-electron chi connectivity index (χ1n) is 10.6. The molecule has 1 aromatic carbocycles. The zero-order chi connectivity index (χ0) is 24.0. The molecule has 0 aliphatic carbocycles. The van der Waals surface area contributed by atoms with Gasteiger partial charge in [0.1, 0.15) is 19.0 Å². The van der Waals surface area contributed by atoms with Gasteiger partial charge in [-0.25, -0.2) is 9.59 Å². The van der Waals surface area contributed by atoms with E-state index in [2.05, 4.69) is 9.84 Å². The average Bonchev–Trinajstić information content (AvgIpc) is 2.70. The number of unbranched alkanes of at least 4 members (excludes halogenated alkanes) is 3. The summed E-state index contributed by atoms with van der Waals surface area (Å²) in [6.45, 7) is 6.79. The van der Waals surface area contributed by atoms with Crippen molar-refractivity contribution in [1.82, 2.24) is 5.32 Å². The van der Waals surface area contributed by atoms with Gasteiger partial charge in [-0.2, -0.15) is 0 Å². The van der Waals surface area contributed by atoms with Gasteiger partial charge in [-0.05, 0) is 61.9 Å². The highest BCUT2D eigenvalue weighted by Gasteiger charge is 2.12. The predicted octanol–water partition coefficient (Wildman–Crippen LogP) is 4.34. The summed E-state index contributed by atoms with van der Waals surface area (Å²) in [6, 6.07) is 3.63. The van der Waals surface area contributed by atoms with Crippen molar-refractivity contribution in [3.63, 3.8) is 0 Å². The molecule has 11 heteroatoms. The van der Waals surface area contributed by atoms with Gasteiger partial charge in [0.2, 0.25) is 0 Å². The third-order valence-electron chi connectivity index (χ3n) is 4.26. The van der Waals surface area contributed by atoms with Crippen LogP contribution in [-0.2, 0) is 30.0 Å². The number of carbonyl (C=O) groups excluding carboxylic acids is 2. The number of hydrogen-bond donors (Lipinski definition) is 1. The number of aryl methyl sites for hydroxylation is 2. The minimum atomic E-state index is -3.68. The number of amides is 1. The summed E-state index contributed by atoms with van der Waals surface area (Å²) in [5, 5.41) is -0.987. The number of hydrogen-bond acceptors (Lipinski definition) is 8. The minimum Gasteiger partial charge on any atom is -0.771 e. The molecule has 0 saturated carbocycles. The van der Waals surface area contributed by atoms with E-state index in [1.165, 1.54) is 22.0 Å². The van der Waals surface area contributed by atoms with Crippen molar-refractivity contribution in [2.45, 2.75) is 59.5 Å². The number of benzene rings is 1. The standard InChI is InChI=1S/C21H33INO8P/c1-4-10-28-15-19(24)31-20-16(2)12-18(13-17(20)3)14-29-21(25)23-9-7-5-6-8-11-30-32(22,26)27/h12-13H,4-11,14-15H2,1-3H3,(H,23,25)(H,26,27)/p-1. The van der Waals surface area contributed by atoms with Crippen molar-refractivity contribution in [3.8, 4) is 5.75 Å². The van der Waals surface area contributed by atoms with Crippen LogP contribution >= 0.6 is 27.3 Å². The molecule has 0 spiro atoms. The summed E-state index contributed by atoms with van der Waals surface area (Å²) in [4.78, 5) is 34.6. The molecule has 0 aliphatic heterocycles. The fourth-order valence-electron chi connectivity index (χ4n) is 2.87. The summed E-state index contributed by atoms with van der Waals surface area (Å²) in [5.41, 5.74) is 2.34. The molecule has 0 aliphatic rings. The summed E-state index contributed by atoms with van der Waals surface area (Å²) in [5.74, 6) is 0.0428. The molecule has 0 heterocycles. The summed E-state index contributed by atoms with van der Waals surface area (Å²) in [6.07, 6.45) is 3.38. The van der Waals surface area contributed by atoms with E-state index in [4.69, 9.17) is 14.2 Å². The van der Waals surface area contributed by atoms with Crippen molar-refractivity contribution in [2.24, 2.45) is 0 Å². The maximum absolute atomic E-state index is 11.9. The average molecular weight is 584 g/mol. The molecule has 1 aromatic rings. The van der Waals surface area contributed by atoms with Crippen LogP contribution in [0.3, 0.4) is 0 Å². The van der Waals surface area contributed by atoms with Crippen LogP contribution in [0.4, 0.5) is 4.79 Å². The topological polar surface area (TPSA) is 123 Å². The largest absolute Gasteiger partial charge is 0.771 e. The first kappa shape index (κ1) is 28.8. The van der Waals surface area contributed by atoms with Crippen molar-refractivity contribution >= 4 is 39.3 Å². The zero-order valence-electron chi connectivity index (χ0n) is 18.8. The SMILES string of the molecule is CCCOCC(=O)Oc1c(C)cc(COC(=O)NCCCCCCOP(=O)([O-])I)cc1C. The lowest BCUT2D eigenvalue weighted by Gasteiger charge is -2.15. The predicted molar refractivity (Wildman–Crippen MR) is 127 cm³/mol. The third kappa shape index (κ3) is 13.4. The van der Waals surface area contributed by atoms with Crippen molar-refractivity contribution < 1.29 is 37.8 Å². The number of esters is 1. The van der Waals surface area contributed by atoms with Gasteiger partial charge >= 0.3 is 12.1 Å².